The van der Waals surface area contributed by atoms with Crippen molar-refractivity contribution in [3.63, 3.8) is 0 Å². The highest BCUT2D eigenvalue weighted by Gasteiger charge is 2.45. The highest BCUT2D eigenvalue weighted by Crippen LogP contribution is 2.46. The van der Waals surface area contributed by atoms with Gasteiger partial charge in [-0.2, -0.15) is 22.0 Å². The van der Waals surface area contributed by atoms with Crippen molar-refractivity contribution in [1.29, 1.82) is 0 Å². The van der Waals surface area contributed by atoms with Gasteiger partial charge in [0, 0.05) is 23.3 Å². The van der Waals surface area contributed by atoms with Crippen LogP contribution in [0.1, 0.15) is 70.3 Å². The van der Waals surface area contributed by atoms with E-state index in [4.69, 9.17) is 4.74 Å². The number of ether oxygens (including phenoxy) is 1. The molecule has 9 heteroatoms. The number of rotatable bonds is 7. The summed E-state index contributed by atoms with van der Waals surface area (Å²) < 4.78 is 115. The maximum absolute atomic E-state index is 15.0. The van der Waals surface area contributed by atoms with Crippen LogP contribution in [0, 0.1) is 41.1 Å². The Morgan fingerprint density at radius 1 is 0.769 bits per heavy atom. The number of benzene rings is 2. The molecule has 0 radical (unpaired) electrons. The Morgan fingerprint density at radius 3 is 1.85 bits per heavy atom. The zero-order chi connectivity index (χ0) is 28.4. The first-order chi connectivity index (χ1) is 18.4. The zero-order valence-electron chi connectivity index (χ0n) is 21.6. The van der Waals surface area contributed by atoms with Crippen LogP contribution < -0.4 is 4.74 Å². The van der Waals surface area contributed by atoms with Gasteiger partial charge in [0.15, 0.2) is 0 Å². The molecule has 0 heterocycles. The van der Waals surface area contributed by atoms with E-state index >= 15 is 0 Å². The molecule has 0 saturated heterocycles. The summed E-state index contributed by atoms with van der Waals surface area (Å²) >= 11 is 0. The van der Waals surface area contributed by atoms with Crippen LogP contribution in [-0.4, -0.2) is 12.3 Å². The van der Waals surface area contributed by atoms with E-state index in [2.05, 4.69) is 6.92 Å². The van der Waals surface area contributed by atoms with Crippen molar-refractivity contribution in [3.05, 3.63) is 59.4 Å². The molecule has 0 aromatic heterocycles. The summed E-state index contributed by atoms with van der Waals surface area (Å²) in [4.78, 5) is 0. The molecule has 39 heavy (non-hydrogen) atoms. The monoisotopic (exact) mass is 560 g/mol. The van der Waals surface area contributed by atoms with E-state index in [1.54, 1.807) is 0 Å². The van der Waals surface area contributed by atoms with Crippen LogP contribution in [-0.2, 0) is 0 Å². The molecular formula is C30H32F8O. The van der Waals surface area contributed by atoms with Crippen molar-refractivity contribution >= 4 is 6.08 Å². The molecule has 0 amide bonds. The molecule has 2 aliphatic rings. The van der Waals surface area contributed by atoms with Gasteiger partial charge >= 0.3 is 12.3 Å². The third-order valence-corrected chi connectivity index (χ3v) is 8.41. The summed E-state index contributed by atoms with van der Waals surface area (Å²) in [6.45, 7) is 2.21. The Labute approximate surface area is 223 Å². The minimum absolute atomic E-state index is 0.244. The van der Waals surface area contributed by atoms with E-state index in [0.717, 1.165) is 30.9 Å². The molecule has 0 aliphatic heterocycles. The highest BCUT2D eigenvalue weighted by atomic mass is 19.4. The summed E-state index contributed by atoms with van der Waals surface area (Å²) in [5.74, 6) is -3.32. The largest absolute Gasteiger partial charge is 0.432 e. The molecule has 0 bridgehead atoms. The summed E-state index contributed by atoms with van der Waals surface area (Å²) in [6.07, 6.45) is -0.362. The van der Waals surface area contributed by atoms with Gasteiger partial charge in [0.25, 0.3) is 0 Å². The number of allylic oxidation sites excluding steroid dienone is 1. The Bertz CT molecular complexity index is 1130. The molecular weight excluding hydrogens is 528 g/mol. The molecule has 214 valence electrons. The Morgan fingerprint density at radius 2 is 1.33 bits per heavy atom. The van der Waals surface area contributed by atoms with Crippen LogP contribution in [0.3, 0.4) is 0 Å². The quantitative estimate of drug-likeness (QED) is 0.306. The van der Waals surface area contributed by atoms with Gasteiger partial charge < -0.3 is 4.74 Å². The number of halogens is 8. The number of alkyl halides is 5. The summed E-state index contributed by atoms with van der Waals surface area (Å²) in [7, 11) is 0. The van der Waals surface area contributed by atoms with Gasteiger partial charge in [-0.15, -0.1) is 0 Å². The van der Waals surface area contributed by atoms with Crippen LogP contribution in [0.15, 0.2) is 36.4 Å². The smallest absolute Gasteiger partial charge is 0.409 e. The van der Waals surface area contributed by atoms with Gasteiger partial charge in [-0.25, -0.2) is 13.2 Å². The van der Waals surface area contributed by atoms with Gasteiger partial charge in [0.05, 0.1) is 5.92 Å². The van der Waals surface area contributed by atoms with Gasteiger partial charge in [0.2, 0.25) is 0 Å². The summed E-state index contributed by atoms with van der Waals surface area (Å²) in [5, 5.41) is 0. The van der Waals surface area contributed by atoms with E-state index in [1.165, 1.54) is 19.3 Å². The molecule has 4 rings (SSSR count). The predicted molar refractivity (Wildman–Crippen MR) is 134 cm³/mol. The lowest BCUT2D eigenvalue weighted by atomic mass is 9.69. The van der Waals surface area contributed by atoms with Crippen LogP contribution in [0.4, 0.5) is 35.1 Å². The van der Waals surface area contributed by atoms with Crippen molar-refractivity contribution < 1.29 is 39.9 Å². The summed E-state index contributed by atoms with van der Waals surface area (Å²) in [5.41, 5.74) is -1.54. The Balaban J connectivity index is 1.40. The van der Waals surface area contributed by atoms with Gasteiger partial charge in [-0.05, 0) is 92.2 Å². The van der Waals surface area contributed by atoms with Crippen molar-refractivity contribution in [1.82, 2.24) is 0 Å². The first-order valence-electron chi connectivity index (χ1n) is 13.5. The normalized spacial score (nSPS) is 24.7. The minimum Gasteiger partial charge on any atom is -0.432 e. The van der Waals surface area contributed by atoms with Crippen molar-refractivity contribution in [2.45, 2.75) is 77.0 Å². The fourth-order valence-electron chi connectivity index (χ4n) is 6.11. The van der Waals surface area contributed by atoms with Crippen LogP contribution >= 0.6 is 0 Å². The van der Waals surface area contributed by atoms with E-state index in [0.29, 0.717) is 55.7 Å². The Kier molecular flexibility index (Phi) is 8.96. The number of hydrogen-bond acceptors (Lipinski definition) is 1. The van der Waals surface area contributed by atoms with Crippen LogP contribution in [0.2, 0.25) is 0 Å². The lowest BCUT2D eigenvalue weighted by Gasteiger charge is -2.39. The third kappa shape index (κ3) is 7.34. The molecule has 0 atom stereocenters. The van der Waals surface area contributed by atoms with Gasteiger partial charge in [0.1, 0.15) is 23.2 Å². The fraction of sp³-hybridized carbons (Fsp3) is 0.533. The van der Waals surface area contributed by atoms with Crippen LogP contribution in [0.25, 0.3) is 17.2 Å². The average Bonchev–Trinajstić information content (AvgIpc) is 2.87. The predicted octanol–water partition coefficient (Wildman–Crippen LogP) is 10.3. The second-order valence-corrected chi connectivity index (χ2v) is 10.8. The molecule has 0 unspecified atom stereocenters. The highest BCUT2D eigenvalue weighted by molar-refractivity contribution is 5.68. The average molecular weight is 561 g/mol. The molecule has 0 N–H and O–H groups in total. The fourth-order valence-corrected chi connectivity index (χ4v) is 6.11. The Hall–Kier alpha value is -2.58. The first-order valence-corrected chi connectivity index (χ1v) is 13.5. The standard InChI is InChI=1S/C30H32F8O/c1-2-18-3-5-19(6-4-18)20-7-9-22(10-8-20)30(37,38)39-23-11-12-24(28(33)17-23)21-15-26(31)25(27(32)16-21)13-14-29(34,35)36/h11-20,22H,2-10H2,1H3/b14-13+. The lowest BCUT2D eigenvalue weighted by molar-refractivity contribution is -0.224. The van der Waals surface area contributed by atoms with E-state index in [-0.39, 0.29) is 23.3 Å². The van der Waals surface area contributed by atoms with E-state index in [1.807, 2.05) is 0 Å². The third-order valence-electron chi connectivity index (χ3n) is 8.41. The zero-order valence-corrected chi connectivity index (χ0v) is 21.6. The molecule has 0 spiro atoms. The van der Waals surface area contributed by atoms with E-state index < -0.39 is 47.0 Å². The molecule has 2 saturated carbocycles. The lowest BCUT2D eigenvalue weighted by Crippen LogP contribution is -2.38. The summed E-state index contributed by atoms with van der Waals surface area (Å²) in [6, 6.07) is 4.20. The maximum Gasteiger partial charge on any atom is 0.409 e. The van der Waals surface area contributed by atoms with Crippen LogP contribution in [0.5, 0.6) is 5.75 Å². The van der Waals surface area contributed by atoms with Gasteiger partial charge in [-0.3, -0.25) is 0 Å². The van der Waals surface area contributed by atoms with Crippen molar-refractivity contribution in [3.8, 4) is 16.9 Å². The van der Waals surface area contributed by atoms with Gasteiger partial charge in [-0.1, -0.05) is 26.2 Å². The molecule has 2 aromatic rings. The maximum atomic E-state index is 15.0. The molecule has 2 fully saturated rings. The number of hydrogen-bond donors (Lipinski definition) is 0. The second-order valence-electron chi connectivity index (χ2n) is 10.8. The molecule has 1 nitrogen and oxygen atoms in total. The molecule has 2 aromatic carbocycles. The van der Waals surface area contributed by atoms with Crippen molar-refractivity contribution in [2.75, 3.05) is 0 Å². The molecule has 2 aliphatic carbocycles. The topological polar surface area (TPSA) is 9.23 Å². The SMILES string of the molecule is CCC1CCC(C2CCC(C(F)(F)Oc3ccc(-c4cc(F)c(/C=C/C(F)(F)F)c(F)c4)c(F)c3)CC2)CC1. The first kappa shape index (κ1) is 29.4. The van der Waals surface area contributed by atoms with E-state index in [9.17, 15) is 35.1 Å². The minimum atomic E-state index is -4.77. The second kappa shape index (κ2) is 11.9. The van der Waals surface area contributed by atoms with Crippen molar-refractivity contribution in [2.24, 2.45) is 23.7 Å².